The largest absolute Gasteiger partial charge is 0.338 e. The Hall–Kier alpha value is -1.64. The Labute approximate surface area is 114 Å². The van der Waals surface area contributed by atoms with Gasteiger partial charge in [-0.25, -0.2) is 0 Å². The molecular weight excluding hydrogens is 294 g/mol. The minimum Gasteiger partial charge on any atom is -0.338 e. The minimum absolute atomic E-state index is 0.387. The van der Waals surface area contributed by atoms with E-state index in [0.717, 1.165) is 10.0 Å². The van der Waals surface area contributed by atoms with Crippen molar-refractivity contribution >= 4 is 15.9 Å². The van der Waals surface area contributed by atoms with Crippen molar-refractivity contribution in [2.45, 2.75) is 18.9 Å². The number of nitrogens with zero attached hydrogens (tertiary/aromatic N) is 2. The molecule has 0 fully saturated rings. The van der Waals surface area contributed by atoms with Crippen LogP contribution in [-0.4, -0.2) is 10.1 Å². The van der Waals surface area contributed by atoms with Crippen LogP contribution >= 0.6 is 15.9 Å². The van der Waals surface area contributed by atoms with Crippen molar-refractivity contribution in [3.05, 3.63) is 46.0 Å². The average Bonchev–Trinajstić information content (AvgIpc) is 2.78. The first kappa shape index (κ1) is 12.8. The molecule has 1 aromatic heterocycles. The highest BCUT2D eigenvalue weighted by atomic mass is 79.9. The summed E-state index contributed by atoms with van der Waals surface area (Å²) in [5.74, 6) is 3.47. The average molecular weight is 306 g/mol. The molecule has 0 amide bonds. The van der Waals surface area contributed by atoms with Gasteiger partial charge < -0.3 is 10.3 Å². The maximum absolute atomic E-state index is 5.79. The van der Waals surface area contributed by atoms with E-state index in [0.29, 0.717) is 24.6 Å². The van der Waals surface area contributed by atoms with Crippen LogP contribution in [0, 0.1) is 12.3 Å². The van der Waals surface area contributed by atoms with Crippen LogP contribution in [0.25, 0.3) is 0 Å². The van der Waals surface area contributed by atoms with Gasteiger partial charge in [-0.1, -0.05) is 33.2 Å². The SMILES string of the molecule is C#CCC(N)c1nc(Cc2cccc(Br)c2)no1. The fourth-order valence-corrected chi connectivity index (χ4v) is 1.98. The predicted molar refractivity (Wildman–Crippen MR) is 71.6 cm³/mol. The van der Waals surface area contributed by atoms with Gasteiger partial charge >= 0.3 is 0 Å². The van der Waals surface area contributed by atoms with Crippen molar-refractivity contribution in [3.8, 4) is 12.3 Å². The number of terminal acetylenes is 1. The molecule has 0 aliphatic carbocycles. The van der Waals surface area contributed by atoms with Crippen LogP contribution < -0.4 is 5.73 Å². The number of aromatic nitrogens is 2. The lowest BCUT2D eigenvalue weighted by atomic mass is 10.1. The van der Waals surface area contributed by atoms with Gasteiger partial charge in [-0.2, -0.15) is 4.98 Å². The van der Waals surface area contributed by atoms with Crippen molar-refractivity contribution in [3.63, 3.8) is 0 Å². The zero-order chi connectivity index (χ0) is 13.0. The summed E-state index contributed by atoms with van der Waals surface area (Å²) in [7, 11) is 0. The normalized spacial score (nSPS) is 12.1. The Morgan fingerprint density at radius 1 is 1.50 bits per heavy atom. The minimum atomic E-state index is -0.390. The third-order valence-electron chi connectivity index (χ3n) is 2.39. The summed E-state index contributed by atoms with van der Waals surface area (Å²) in [4.78, 5) is 4.24. The summed E-state index contributed by atoms with van der Waals surface area (Å²) in [6, 6.07) is 7.55. The van der Waals surface area contributed by atoms with Crippen molar-refractivity contribution in [1.82, 2.24) is 10.1 Å². The molecule has 2 N–H and O–H groups in total. The number of hydrogen-bond donors (Lipinski definition) is 1. The Kier molecular flexibility index (Phi) is 4.13. The predicted octanol–water partition coefficient (Wildman–Crippen LogP) is 2.45. The van der Waals surface area contributed by atoms with Crippen LogP contribution in [0.2, 0.25) is 0 Å². The van der Waals surface area contributed by atoms with Crippen LogP contribution in [0.15, 0.2) is 33.3 Å². The standard InChI is InChI=1S/C13H12BrN3O/c1-2-4-11(15)13-16-12(17-18-13)8-9-5-3-6-10(14)7-9/h1,3,5-7,11H,4,8,15H2. The molecular formula is C13H12BrN3O. The summed E-state index contributed by atoms with van der Waals surface area (Å²) in [5.41, 5.74) is 6.89. The number of rotatable bonds is 4. The maximum atomic E-state index is 5.79. The first-order valence-electron chi connectivity index (χ1n) is 5.45. The molecule has 1 aromatic carbocycles. The van der Waals surface area contributed by atoms with Gasteiger partial charge in [0.15, 0.2) is 5.82 Å². The zero-order valence-corrected chi connectivity index (χ0v) is 11.2. The van der Waals surface area contributed by atoms with Gasteiger partial charge in [-0.05, 0) is 17.7 Å². The lowest BCUT2D eigenvalue weighted by Gasteiger charge is -1.99. The maximum Gasteiger partial charge on any atom is 0.244 e. The molecule has 0 radical (unpaired) electrons. The van der Waals surface area contributed by atoms with Gasteiger partial charge in [0.1, 0.15) is 0 Å². The van der Waals surface area contributed by atoms with Gasteiger partial charge in [-0.3, -0.25) is 0 Å². The van der Waals surface area contributed by atoms with Gasteiger partial charge in [-0.15, -0.1) is 12.3 Å². The molecule has 0 aliphatic rings. The summed E-state index contributed by atoms with van der Waals surface area (Å²) in [6.07, 6.45) is 6.18. The lowest BCUT2D eigenvalue weighted by Crippen LogP contribution is -2.09. The van der Waals surface area contributed by atoms with E-state index in [-0.39, 0.29) is 0 Å². The van der Waals surface area contributed by atoms with E-state index >= 15 is 0 Å². The molecule has 1 unspecified atom stereocenters. The summed E-state index contributed by atoms with van der Waals surface area (Å²) < 4.78 is 6.11. The molecule has 1 heterocycles. The molecule has 5 heteroatoms. The highest BCUT2D eigenvalue weighted by Gasteiger charge is 2.13. The first-order valence-corrected chi connectivity index (χ1v) is 6.24. The second-order valence-corrected chi connectivity index (χ2v) is 4.79. The van der Waals surface area contributed by atoms with Crippen LogP contribution in [0.5, 0.6) is 0 Å². The third-order valence-corrected chi connectivity index (χ3v) is 2.88. The number of hydrogen-bond acceptors (Lipinski definition) is 4. The molecule has 0 saturated heterocycles. The first-order chi connectivity index (χ1) is 8.69. The van der Waals surface area contributed by atoms with E-state index in [4.69, 9.17) is 16.7 Å². The monoisotopic (exact) mass is 305 g/mol. The van der Waals surface area contributed by atoms with Crippen molar-refractivity contribution in [2.75, 3.05) is 0 Å². The van der Waals surface area contributed by atoms with E-state index in [1.807, 2.05) is 24.3 Å². The topological polar surface area (TPSA) is 64.9 Å². The summed E-state index contributed by atoms with van der Waals surface area (Å²) in [5, 5.41) is 3.89. The second kappa shape index (κ2) is 5.80. The Bertz CT molecular complexity index is 574. The van der Waals surface area contributed by atoms with Crippen molar-refractivity contribution in [1.29, 1.82) is 0 Å². The van der Waals surface area contributed by atoms with Crippen molar-refractivity contribution < 1.29 is 4.52 Å². The second-order valence-electron chi connectivity index (χ2n) is 3.87. The molecule has 0 saturated carbocycles. The van der Waals surface area contributed by atoms with Crippen LogP contribution in [0.1, 0.15) is 29.7 Å². The van der Waals surface area contributed by atoms with Crippen molar-refractivity contribution in [2.24, 2.45) is 5.73 Å². The molecule has 2 aromatic rings. The molecule has 2 rings (SSSR count). The molecule has 18 heavy (non-hydrogen) atoms. The fourth-order valence-electron chi connectivity index (χ4n) is 1.53. The molecule has 0 aliphatic heterocycles. The highest BCUT2D eigenvalue weighted by Crippen LogP contribution is 2.16. The molecule has 0 bridgehead atoms. The Morgan fingerprint density at radius 3 is 3.06 bits per heavy atom. The molecule has 0 spiro atoms. The van der Waals surface area contributed by atoms with E-state index < -0.39 is 6.04 Å². The fraction of sp³-hybridized carbons (Fsp3) is 0.231. The van der Waals surface area contributed by atoms with E-state index in [2.05, 4.69) is 32.0 Å². The smallest absolute Gasteiger partial charge is 0.244 e. The van der Waals surface area contributed by atoms with Gasteiger partial charge in [0.05, 0.1) is 6.04 Å². The van der Waals surface area contributed by atoms with Gasteiger partial charge in [0, 0.05) is 17.3 Å². The Balaban J connectivity index is 2.09. The van der Waals surface area contributed by atoms with Crippen LogP contribution in [0.3, 0.4) is 0 Å². The van der Waals surface area contributed by atoms with E-state index in [1.165, 1.54) is 0 Å². The molecule has 92 valence electrons. The van der Waals surface area contributed by atoms with Gasteiger partial charge in [0.25, 0.3) is 0 Å². The number of benzene rings is 1. The van der Waals surface area contributed by atoms with Crippen LogP contribution in [0.4, 0.5) is 0 Å². The van der Waals surface area contributed by atoms with E-state index in [1.54, 1.807) is 0 Å². The van der Waals surface area contributed by atoms with Gasteiger partial charge in [0.2, 0.25) is 5.89 Å². The highest BCUT2D eigenvalue weighted by molar-refractivity contribution is 9.10. The number of nitrogens with two attached hydrogens (primary N) is 1. The lowest BCUT2D eigenvalue weighted by molar-refractivity contribution is 0.353. The zero-order valence-electron chi connectivity index (χ0n) is 9.64. The molecule has 1 atom stereocenters. The quantitative estimate of drug-likeness (QED) is 0.881. The summed E-state index contributed by atoms with van der Waals surface area (Å²) in [6.45, 7) is 0. The third kappa shape index (κ3) is 3.19. The summed E-state index contributed by atoms with van der Waals surface area (Å²) >= 11 is 3.42. The van der Waals surface area contributed by atoms with Crippen LogP contribution in [-0.2, 0) is 6.42 Å². The number of halogens is 1. The molecule has 4 nitrogen and oxygen atoms in total. The van der Waals surface area contributed by atoms with E-state index in [9.17, 15) is 0 Å². The Morgan fingerprint density at radius 2 is 2.33 bits per heavy atom.